The van der Waals surface area contributed by atoms with Crippen molar-refractivity contribution in [2.75, 3.05) is 6.54 Å². The highest BCUT2D eigenvalue weighted by molar-refractivity contribution is 5.00. The molecule has 0 bridgehead atoms. The van der Waals surface area contributed by atoms with Crippen LogP contribution in [0.4, 0.5) is 0 Å². The normalized spacial score (nSPS) is 9.57. The van der Waals surface area contributed by atoms with Crippen molar-refractivity contribution in [3.8, 4) is 0 Å². The van der Waals surface area contributed by atoms with Gasteiger partial charge in [0.2, 0.25) is 0 Å². The molecule has 0 rings (SSSR count). The summed E-state index contributed by atoms with van der Waals surface area (Å²) in [6, 6.07) is 0.766. The zero-order valence-electron chi connectivity index (χ0n) is 4.35. The number of hydrogen-bond acceptors (Lipinski definition) is 2. The van der Waals surface area contributed by atoms with Crippen LogP contribution < -0.4 is 11.5 Å². The molecule has 0 saturated heterocycles. The van der Waals surface area contributed by atoms with Crippen molar-refractivity contribution in [3.05, 3.63) is 18.7 Å². The van der Waals surface area contributed by atoms with Gasteiger partial charge >= 0.3 is 0 Å². The van der Waals surface area contributed by atoms with E-state index in [-0.39, 0.29) is 0 Å². The second-order valence-corrected chi connectivity index (χ2v) is 1.32. The molecule has 0 aromatic heterocycles. The van der Waals surface area contributed by atoms with E-state index in [0.717, 1.165) is 12.5 Å². The Hall–Kier alpha value is -0.340. The van der Waals surface area contributed by atoms with E-state index in [1.54, 1.807) is 6.08 Å². The van der Waals surface area contributed by atoms with Crippen LogP contribution in [0.2, 0.25) is 0 Å². The zero-order valence-corrected chi connectivity index (χ0v) is 4.35. The maximum atomic E-state index is 5.30. The molecule has 0 aliphatic carbocycles. The Labute approximate surface area is 44.2 Å². The van der Waals surface area contributed by atoms with Crippen molar-refractivity contribution in [3.63, 3.8) is 0 Å². The fraction of sp³-hybridized carbons (Fsp3) is 0.400. The van der Waals surface area contributed by atoms with E-state index in [2.05, 4.69) is 6.58 Å². The zero-order chi connectivity index (χ0) is 5.70. The van der Waals surface area contributed by atoms with Gasteiger partial charge in [0.1, 0.15) is 0 Å². The second-order valence-electron chi connectivity index (χ2n) is 1.32. The molecule has 41 valence electrons. The average molecular weight is 99.2 g/mol. The van der Waals surface area contributed by atoms with Crippen molar-refractivity contribution in [1.82, 2.24) is 0 Å². The average Bonchev–Trinajstić information content (AvgIpc) is 1.68. The molecule has 0 aromatic rings. The predicted octanol–water partition coefficient (Wildman–Crippen LogP) is 0.0119. The van der Waals surface area contributed by atoms with Gasteiger partial charge in [0.15, 0.2) is 0 Å². The highest BCUT2D eigenvalue weighted by Gasteiger charge is 1.90. The van der Waals surface area contributed by atoms with Gasteiger partial charge in [-0.25, -0.2) is 0 Å². The van der Waals surface area contributed by atoms with E-state index in [1.165, 1.54) is 0 Å². The van der Waals surface area contributed by atoms with Gasteiger partial charge in [0.05, 0.1) is 6.04 Å². The molecule has 0 aliphatic heterocycles. The van der Waals surface area contributed by atoms with Crippen LogP contribution in [-0.2, 0) is 0 Å². The summed E-state index contributed by atoms with van der Waals surface area (Å²) in [6.07, 6.45) is 2.37. The third-order valence-electron chi connectivity index (χ3n) is 0.695. The van der Waals surface area contributed by atoms with E-state index in [4.69, 9.17) is 11.5 Å². The van der Waals surface area contributed by atoms with Gasteiger partial charge in [0.25, 0.3) is 0 Å². The van der Waals surface area contributed by atoms with Crippen LogP contribution in [0.15, 0.2) is 12.7 Å². The maximum Gasteiger partial charge on any atom is 0.0568 e. The molecule has 0 aromatic carbocycles. The lowest BCUT2D eigenvalue weighted by Gasteiger charge is -1.97. The van der Waals surface area contributed by atoms with Crippen molar-refractivity contribution in [2.45, 2.75) is 6.42 Å². The van der Waals surface area contributed by atoms with Crippen molar-refractivity contribution < 1.29 is 0 Å². The molecule has 1 radical (unpaired) electrons. The van der Waals surface area contributed by atoms with Gasteiger partial charge in [-0.2, -0.15) is 0 Å². The van der Waals surface area contributed by atoms with Crippen LogP contribution in [0.3, 0.4) is 0 Å². The summed E-state index contributed by atoms with van der Waals surface area (Å²) in [7, 11) is 0. The number of nitrogens with two attached hydrogens (primary N) is 2. The van der Waals surface area contributed by atoms with Gasteiger partial charge in [-0.3, -0.25) is 0 Å². The Morgan fingerprint density at radius 2 is 2.29 bits per heavy atom. The summed E-state index contributed by atoms with van der Waals surface area (Å²) in [5.74, 6) is 0. The first kappa shape index (κ1) is 6.66. The first-order valence-corrected chi connectivity index (χ1v) is 2.25. The van der Waals surface area contributed by atoms with Crippen LogP contribution in [0.1, 0.15) is 6.42 Å². The Kier molecular flexibility index (Phi) is 3.65. The van der Waals surface area contributed by atoms with Crippen molar-refractivity contribution in [1.29, 1.82) is 0 Å². The Bertz CT molecular complexity index is 52.0. The molecule has 0 fully saturated rings. The summed E-state index contributed by atoms with van der Waals surface area (Å²) < 4.78 is 0. The minimum Gasteiger partial charge on any atom is -0.330 e. The molecule has 2 heteroatoms. The van der Waals surface area contributed by atoms with Crippen molar-refractivity contribution in [2.24, 2.45) is 11.5 Å². The molecule has 7 heavy (non-hydrogen) atoms. The van der Waals surface area contributed by atoms with Crippen molar-refractivity contribution >= 4 is 0 Å². The summed E-state index contributed by atoms with van der Waals surface area (Å²) in [4.78, 5) is 0. The van der Waals surface area contributed by atoms with E-state index in [1.807, 2.05) is 0 Å². The van der Waals surface area contributed by atoms with Crippen LogP contribution in [0, 0.1) is 6.04 Å². The summed E-state index contributed by atoms with van der Waals surface area (Å²) in [5, 5.41) is 0. The maximum absolute atomic E-state index is 5.30. The van der Waals surface area contributed by atoms with E-state index < -0.39 is 0 Å². The quantitative estimate of drug-likeness (QED) is 0.523. The largest absolute Gasteiger partial charge is 0.330 e. The SMILES string of the molecule is C=C[C](N)CCN. The second kappa shape index (κ2) is 3.84. The monoisotopic (exact) mass is 99.1 g/mol. The van der Waals surface area contributed by atoms with Crippen LogP contribution in [0.25, 0.3) is 0 Å². The highest BCUT2D eigenvalue weighted by atomic mass is 14.6. The first-order valence-electron chi connectivity index (χ1n) is 2.25. The topological polar surface area (TPSA) is 52.0 Å². The lowest BCUT2D eigenvalue weighted by atomic mass is 10.2. The van der Waals surface area contributed by atoms with E-state index in [9.17, 15) is 0 Å². The summed E-state index contributed by atoms with van der Waals surface area (Å²) in [6.45, 7) is 4.07. The highest BCUT2D eigenvalue weighted by Crippen LogP contribution is 1.92. The third kappa shape index (κ3) is 3.49. The molecular formula is C5H11N2. The number of hydrogen-bond donors (Lipinski definition) is 2. The lowest BCUT2D eigenvalue weighted by Crippen LogP contribution is -2.11. The molecular weight excluding hydrogens is 88.1 g/mol. The summed E-state index contributed by atoms with van der Waals surface area (Å²) in [5.41, 5.74) is 10.5. The molecule has 0 unspecified atom stereocenters. The Balaban J connectivity index is 2.98. The first-order chi connectivity index (χ1) is 3.31. The van der Waals surface area contributed by atoms with Crippen LogP contribution in [0.5, 0.6) is 0 Å². The van der Waals surface area contributed by atoms with E-state index >= 15 is 0 Å². The Morgan fingerprint density at radius 1 is 1.71 bits per heavy atom. The van der Waals surface area contributed by atoms with Gasteiger partial charge in [-0.05, 0) is 13.0 Å². The molecule has 0 heterocycles. The minimum absolute atomic E-state index is 0.609. The van der Waals surface area contributed by atoms with Crippen LogP contribution in [-0.4, -0.2) is 6.54 Å². The smallest absolute Gasteiger partial charge is 0.0568 e. The van der Waals surface area contributed by atoms with Gasteiger partial charge < -0.3 is 11.5 Å². The van der Waals surface area contributed by atoms with Gasteiger partial charge in [-0.1, -0.05) is 6.08 Å². The molecule has 4 N–H and O–H groups in total. The third-order valence-corrected chi connectivity index (χ3v) is 0.695. The van der Waals surface area contributed by atoms with Gasteiger partial charge in [-0.15, -0.1) is 6.58 Å². The molecule has 0 aliphatic rings. The van der Waals surface area contributed by atoms with Crippen LogP contribution >= 0.6 is 0 Å². The molecule has 2 nitrogen and oxygen atoms in total. The van der Waals surface area contributed by atoms with Gasteiger partial charge in [0, 0.05) is 0 Å². The molecule has 0 amide bonds. The molecule has 0 atom stereocenters. The predicted molar refractivity (Wildman–Crippen MR) is 31.3 cm³/mol. The standard InChI is InChI=1S/C5H11N2/c1-2-5(7)3-4-6/h2H,1,3-4,6-7H2. The molecule has 0 saturated carbocycles. The fourth-order valence-electron chi connectivity index (χ4n) is 0.269. The lowest BCUT2D eigenvalue weighted by molar-refractivity contribution is 0.862. The minimum atomic E-state index is 0.609. The van der Waals surface area contributed by atoms with E-state index in [0.29, 0.717) is 6.54 Å². The molecule has 0 spiro atoms. The Morgan fingerprint density at radius 3 is 2.43 bits per heavy atom. The fourth-order valence-corrected chi connectivity index (χ4v) is 0.269. The summed E-state index contributed by atoms with van der Waals surface area (Å²) >= 11 is 0. The number of rotatable bonds is 3.